The van der Waals surface area contributed by atoms with Crippen molar-refractivity contribution in [3.8, 4) is 0 Å². The van der Waals surface area contributed by atoms with Gasteiger partial charge in [-0.15, -0.1) is 6.58 Å². The van der Waals surface area contributed by atoms with Crippen LogP contribution in [0.5, 0.6) is 0 Å². The molecule has 0 spiro atoms. The first kappa shape index (κ1) is 10.7. The van der Waals surface area contributed by atoms with Crippen LogP contribution in [0.15, 0.2) is 12.7 Å². The van der Waals surface area contributed by atoms with Gasteiger partial charge in [0.25, 0.3) is 0 Å². The molecule has 1 N–H and O–H groups in total. The molecule has 66 valence electrons. The third-order valence-corrected chi connectivity index (χ3v) is 1.50. The van der Waals surface area contributed by atoms with Crippen LogP contribution in [0, 0.1) is 0 Å². The van der Waals surface area contributed by atoms with Crippen molar-refractivity contribution >= 4 is 0 Å². The average Bonchev–Trinajstić information content (AvgIpc) is 1.96. The van der Waals surface area contributed by atoms with Crippen LogP contribution in [-0.2, 0) is 0 Å². The minimum Gasteiger partial charge on any atom is -0.315 e. The van der Waals surface area contributed by atoms with E-state index in [0.29, 0.717) is 0 Å². The Balaban J connectivity index is 2.85. The summed E-state index contributed by atoms with van der Waals surface area (Å²) in [5.41, 5.74) is 0. The molecule has 0 rings (SSSR count). The number of nitrogens with zero attached hydrogens (tertiary/aromatic N) is 1. The molecule has 0 radical (unpaired) electrons. The quantitative estimate of drug-likeness (QED) is 0.439. The van der Waals surface area contributed by atoms with Crippen LogP contribution in [-0.4, -0.2) is 38.6 Å². The molecule has 0 aliphatic carbocycles. The highest BCUT2D eigenvalue weighted by molar-refractivity contribution is 4.66. The number of hydrogen-bond acceptors (Lipinski definition) is 2. The van der Waals surface area contributed by atoms with Crippen molar-refractivity contribution in [3.63, 3.8) is 0 Å². The Morgan fingerprint density at radius 2 is 2.09 bits per heavy atom. The van der Waals surface area contributed by atoms with E-state index in [2.05, 4.69) is 30.9 Å². The van der Waals surface area contributed by atoms with Gasteiger partial charge in [-0.2, -0.15) is 0 Å². The summed E-state index contributed by atoms with van der Waals surface area (Å²) < 4.78 is 0. The summed E-state index contributed by atoms with van der Waals surface area (Å²) in [6.07, 6.45) is 4.29. The maximum atomic E-state index is 3.67. The van der Waals surface area contributed by atoms with Gasteiger partial charge in [0.2, 0.25) is 0 Å². The van der Waals surface area contributed by atoms with Gasteiger partial charge in [-0.25, -0.2) is 0 Å². The van der Waals surface area contributed by atoms with E-state index in [-0.39, 0.29) is 0 Å². The molecule has 0 saturated heterocycles. The Morgan fingerprint density at radius 3 is 2.64 bits per heavy atom. The summed E-state index contributed by atoms with van der Waals surface area (Å²) in [5, 5.41) is 3.36. The molecule has 0 fully saturated rings. The van der Waals surface area contributed by atoms with Gasteiger partial charge in [-0.3, -0.25) is 0 Å². The Kier molecular flexibility index (Phi) is 7.52. The lowest BCUT2D eigenvalue weighted by atomic mass is 10.3. The maximum Gasteiger partial charge on any atom is 0.0101 e. The lowest BCUT2D eigenvalue weighted by Crippen LogP contribution is -2.27. The van der Waals surface area contributed by atoms with Crippen LogP contribution >= 0.6 is 0 Å². The third-order valence-electron chi connectivity index (χ3n) is 1.50. The molecule has 0 aliphatic heterocycles. The molecule has 2 nitrogen and oxygen atoms in total. The van der Waals surface area contributed by atoms with E-state index in [9.17, 15) is 0 Å². The minimum atomic E-state index is 1.09. The summed E-state index contributed by atoms with van der Waals surface area (Å²) in [7, 11) is 4.18. The number of hydrogen-bond donors (Lipinski definition) is 1. The first-order valence-corrected chi connectivity index (χ1v) is 4.23. The summed E-state index contributed by atoms with van der Waals surface area (Å²) >= 11 is 0. The summed E-state index contributed by atoms with van der Waals surface area (Å²) in [6.45, 7) is 6.99. The van der Waals surface area contributed by atoms with Gasteiger partial charge in [0.1, 0.15) is 0 Å². The van der Waals surface area contributed by atoms with Gasteiger partial charge in [0.05, 0.1) is 0 Å². The monoisotopic (exact) mass is 156 g/mol. The SMILES string of the molecule is C=CCCCNCCN(C)C. The maximum absolute atomic E-state index is 3.67. The first-order valence-electron chi connectivity index (χ1n) is 4.23. The van der Waals surface area contributed by atoms with Crippen LogP contribution in [0.25, 0.3) is 0 Å². The van der Waals surface area contributed by atoms with E-state index in [0.717, 1.165) is 26.1 Å². The predicted octanol–water partition coefficient (Wildman–Crippen LogP) is 1.10. The van der Waals surface area contributed by atoms with Crippen molar-refractivity contribution in [2.24, 2.45) is 0 Å². The number of rotatable bonds is 7. The summed E-state index contributed by atoms with van der Waals surface area (Å²) in [6, 6.07) is 0. The largest absolute Gasteiger partial charge is 0.315 e. The van der Waals surface area contributed by atoms with Crippen molar-refractivity contribution in [2.45, 2.75) is 12.8 Å². The molecule has 0 unspecified atom stereocenters. The van der Waals surface area contributed by atoms with Gasteiger partial charge >= 0.3 is 0 Å². The summed E-state index contributed by atoms with van der Waals surface area (Å²) in [5.74, 6) is 0. The van der Waals surface area contributed by atoms with E-state index in [1.54, 1.807) is 0 Å². The van der Waals surface area contributed by atoms with E-state index >= 15 is 0 Å². The molecule has 2 heteroatoms. The van der Waals surface area contributed by atoms with Crippen LogP contribution < -0.4 is 5.32 Å². The third kappa shape index (κ3) is 9.66. The van der Waals surface area contributed by atoms with Crippen LogP contribution in [0.2, 0.25) is 0 Å². The fraction of sp³-hybridized carbons (Fsp3) is 0.778. The van der Waals surface area contributed by atoms with Gasteiger partial charge in [-0.05, 0) is 33.5 Å². The smallest absolute Gasteiger partial charge is 0.0101 e. The molecular formula is C9H20N2. The van der Waals surface area contributed by atoms with Crippen molar-refractivity contribution in [2.75, 3.05) is 33.7 Å². The standard InChI is InChI=1S/C9H20N2/c1-4-5-6-7-10-8-9-11(2)3/h4,10H,1,5-9H2,2-3H3. The lowest BCUT2D eigenvalue weighted by Gasteiger charge is -2.09. The number of unbranched alkanes of at least 4 members (excludes halogenated alkanes) is 1. The van der Waals surface area contributed by atoms with Crippen LogP contribution in [0.3, 0.4) is 0 Å². The normalized spacial score (nSPS) is 10.5. The van der Waals surface area contributed by atoms with Crippen LogP contribution in [0.1, 0.15) is 12.8 Å². The molecule has 0 atom stereocenters. The van der Waals surface area contributed by atoms with E-state index in [1.807, 2.05) is 6.08 Å². The second-order valence-corrected chi connectivity index (χ2v) is 2.98. The molecule has 0 heterocycles. The van der Waals surface area contributed by atoms with Crippen molar-refractivity contribution in [1.29, 1.82) is 0 Å². The zero-order valence-electron chi connectivity index (χ0n) is 7.77. The number of likely N-dealkylation sites (N-methyl/N-ethyl adjacent to an activating group) is 1. The Labute approximate surface area is 70.3 Å². The molecule has 0 aromatic carbocycles. The molecule has 0 saturated carbocycles. The zero-order valence-corrected chi connectivity index (χ0v) is 7.77. The topological polar surface area (TPSA) is 15.3 Å². The Morgan fingerprint density at radius 1 is 1.36 bits per heavy atom. The van der Waals surface area contributed by atoms with Crippen molar-refractivity contribution < 1.29 is 0 Å². The number of nitrogens with one attached hydrogen (secondary N) is 1. The fourth-order valence-corrected chi connectivity index (χ4v) is 0.799. The van der Waals surface area contributed by atoms with Crippen molar-refractivity contribution in [1.82, 2.24) is 10.2 Å². The highest BCUT2D eigenvalue weighted by Gasteiger charge is 1.88. The predicted molar refractivity (Wildman–Crippen MR) is 50.9 cm³/mol. The molecule has 11 heavy (non-hydrogen) atoms. The van der Waals surface area contributed by atoms with Gasteiger partial charge in [0.15, 0.2) is 0 Å². The lowest BCUT2D eigenvalue weighted by molar-refractivity contribution is 0.400. The molecule has 0 amide bonds. The van der Waals surface area contributed by atoms with Gasteiger partial charge in [0, 0.05) is 13.1 Å². The van der Waals surface area contributed by atoms with E-state index in [4.69, 9.17) is 0 Å². The highest BCUT2D eigenvalue weighted by Crippen LogP contribution is 1.85. The Bertz CT molecular complexity index is 89.6. The highest BCUT2D eigenvalue weighted by atomic mass is 15.1. The number of allylic oxidation sites excluding steroid dienone is 1. The second-order valence-electron chi connectivity index (χ2n) is 2.98. The Hall–Kier alpha value is -0.340. The second kappa shape index (κ2) is 7.76. The first-order chi connectivity index (χ1) is 5.27. The molecule has 0 aromatic heterocycles. The molecule has 0 aromatic rings. The zero-order chi connectivity index (χ0) is 8.53. The van der Waals surface area contributed by atoms with Gasteiger partial charge in [-0.1, -0.05) is 6.08 Å². The minimum absolute atomic E-state index is 1.09. The average molecular weight is 156 g/mol. The van der Waals surface area contributed by atoms with Crippen LogP contribution in [0.4, 0.5) is 0 Å². The van der Waals surface area contributed by atoms with Gasteiger partial charge < -0.3 is 10.2 Å². The summed E-state index contributed by atoms with van der Waals surface area (Å²) in [4.78, 5) is 2.18. The fourth-order valence-electron chi connectivity index (χ4n) is 0.799. The van der Waals surface area contributed by atoms with E-state index in [1.165, 1.54) is 6.42 Å². The molecule has 0 aliphatic rings. The van der Waals surface area contributed by atoms with E-state index < -0.39 is 0 Å². The molecular weight excluding hydrogens is 136 g/mol. The molecule has 0 bridgehead atoms. The van der Waals surface area contributed by atoms with Crippen molar-refractivity contribution in [3.05, 3.63) is 12.7 Å².